The Morgan fingerprint density at radius 3 is 2.50 bits per heavy atom. The number of nitrogens with one attached hydrogen (secondary N) is 1. The lowest BCUT2D eigenvalue weighted by atomic mass is 10.1. The number of piperidine rings is 1. The predicted molar refractivity (Wildman–Crippen MR) is 138 cm³/mol. The second-order valence-electron chi connectivity index (χ2n) is 8.24. The van der Waals surface area contributed by atoms with Gasteiger partial charge >= 0.3 is 0 Å². The van der Waals surface area contributed by atoms with Gasteiger partial charge in [-0.15, -0.1) is 0 Å². The van der Waals surface area contributed by atoms with E-state index in [1.165, 1.54) is 24.3 Å². The van der Waals surface area contributed by atoms with Gasteiger partial charge in [-0.1, -0.05) is 6.07 Å². The van der Waals surface area contributed by atoms with Gasteiger partial charge in [0.05, 0.1) is 9.38 Å². The fourth-order valence-electron chi connectivity index (χ4n) is 3.76. The summed E-state index contributed by atoms with van der Waals surface area (Å²) in [5.41, 5.74) is 1.09. The Morgan fingerprint density at radius 2 is 1.81 bits per heavy atom. The molecule has 0 bridgehead atoms. The maximum atomic E-state index is 13.0. The lowest BCUT2D eigenvalue weighted by Crippen LogP contribution is -2.44. The van der Waals surface area contributed by atoms with Crippen molar-refractivity contribution in [3.8, 4) is 5.75 Å². The number of imide groups is 1. The van der Waals surface area contributed by atoms with Gasteiger partial charge in [-0.2, -0.15) is 0 Å². The molecule has 2 aliphatic rings. The molecule has 0 aliphatic carbocycles. The second-order valence-corrected chi connectivity index (χ2v) is 10.1. The summed E-state index contributed by atoms with van der Waals surface area (Å²) in [6, 6.07) is 10.4. The van der Waals surface area contributed by atoms with Crippen molar-refractivity contribution < 1.29 is 28.3 Å². The fourth-order valence-corrected chi connectivity index (χ4v) is 5.11. The minimum atomic E-state index is -0.496. The van der Waals surface area contributed by atoms with Crippen LogP contribution < -0.4 is 10.1 Å². The van der Waals surface area contributed by atoms with Crippen LogP contribution in [0.4, 0.5) is 14.9 Å². The molecule has 0 unspecified atom stereocenters. The number of amides is 4. The number of thioether (sulfide) groups is 1. The van der Waals surface area contributed by atoms with E-state index in [0.29, 0.717) is 34.6 Å². The molecule has 2 heterocycles. The van der Waals surface area contributed by atoms with E-state index in [9.17, 15) is 23.6 Å². The van der Waals surface area contributed by atoms with Gasteiger partial charge in [0.1, 0.15) is 18.1 Å². The highest BCUT2D eigenvalue weighted by Gasteiger charge is 2.37. The van der Waals surface area contributed by atoms with Gasteiger partial charge in [-0.25, -0.2) is 4.39 Å². The number of anilines is 1. The maximum Gasteiger partial charge on any atom is 0.294 e. The Balaban J connectivity index is 1.34. The van der Waals surface area contributed by atoms with Crippen molar-refractivity contribution in [1.29, 1.82) is 0 Å². The van der Waals surface area contributed by atoms with E-state index in [0.717, 1.165) is 35.9 Å². The van der Waals surface area contributed by atoms with E-state index < -0.39 is 22.9 Å². The van der Waals surface area contributed by atoms with Gasteiger partial charge in [0, 0.05) is 18.8 Å². The molecule has 0 aromatic heterocycles. The normalized spacial score (nSPS) is 17.0. The average Bonchev–Trinajstić information content (AvgIpc) is 3.12. The number of likely N-dealkylation sites (tertiary alicyclic amines) is 1. The number of hydrogen-bond donors (Lipinski definition) is 1. The quantitative estimate of drug-likeness (QED) is 0.482. The SMILES string of the molecule is O=C(COc1ccc(/C=C2\SC(=O)N(CC(=O)N3CCCCC3)C2=O)cc1Br)Nc1ccc(F)cc1. The van der Waals surface area contributed by atoms with Crippen LogP contribution in [0.5, 0.6) is 5.75 Å². The third-order valence-corrected chi connectivity index (χ3v) is 7.14. The Labute approximate surface area is 220 Å². The Hall–Kier alpha value is -3.18. The zero-order valence-electron chi connectivity index (χ0n) is 19.2. The number of rotatable bonds is 7. The minimum Gasteiger partial charge on any atom is -0.483 e. The van der Waals surface area contributed by atoms with E-state index in [1.807, 2.05) is 0 Å². The van der Waals surface area contributed by atoms with Crippen molar-refractivity contribution in [1.82, 2.24) is 9.80 Å². The van der Waals surface area contributed by atoms with Gasteiger partial charge in [-0.05, 0) is 95.0 Å². The van der Waals surface area contributed by atoms with Crippen LogP contribution in [0.15, 0.2) is 51.8 Å². The highest BCUT2D eigenvalue weighted by molar-refractivity contribution is 9.10. The van der Waals surface area contributed by atoms with Crippen LogP contribution in [0.2, 0.25) is 0 Å². The number of halogens is 2. The number of carbonyl (C=O) groups excluding carboxylic acids is 4. The number of carbonyl (C=O) groups is 4. The van der Waals surface area contributed by atoms with Crippen LogP contribution in [0, 0.1) is 5.82 Å². The largest absolute Gasteiger partial charge is 0.483 e. The van der Waals surface area contributed by atoms with Gasteiger partial charge in [-0.3, -0.25) is 24.1 Å². The monoisotopic (exact) mass is 575 g/mol. The molecule has 0 saturated carbocycles. The van der Waals surface area contributed by atoms with E-state index in [2.05, 4.69) is 21.2 Å². The summed E-state index contributed by atoms with van der Waals surface area (Å²) >= 11 is 4.19. The zero-order chi connectivity index (χ0) is 25.7. The molecule has 2 saturated heterocycles. The van der Waals surface area contributed by atoms with E-state index in [1.54, 1.807) is 29.2 Å². The molecule has 2 fully saturated rings. The van der Waals surface area contributed by atoms with Crippen molar-refractivity contribution >= 4 is 62.4 Å². The molecule has 4 amide bonds. The summed E-state index contributed by atoms with van der Waals surface area (Å²) < 4.78 is 19.1. The first-order valence-corrected chi connectivity index (χ1v) is 12.9. The Bertz CT molecular complexity index is 1210. The molecule has 0 radical (unpaired) electrons. The van der Waals surface area contributed by atoms with Gasteiger partial charge < -0.3 is 15.0 Å². The number of benzene rings is 2. The average molecular weight is 576 g/mol. The second kappa shape index (κ2) is 11.7. The fraction of sp³-hybridized carbons (Fsp3) is 0.280. The summed E-state index contributed by atoms with van der Waals surface area (Å²) in [4.78, 5) is 52.7. The molecule has 0 spiro atoms. The highest BCUT2D eigenvalue weighted by Crippen LogP contribution is 2.34. The molecule has 11 heteroatoms. The van der Waals surface area contributed by atoms with Crippen molar-refractivity contribution in [2.24, 2.45) is 0 Å². The molecule has 188 valence electrons. The van der Waals surface area contributed by atoms with Crippen LogP contribution in [-0.4, -0.2) is 59.0 Å². The summed E-state index contributed by atoms with van der Waals surface area (Å²) in [5.74, 6) is -1.12. The van der Waals surface area contributed by atoms with E-state index in [-0.39, 0.29) is 24.0 Å². The molecule has 2 aromatic carbocycles. The first kappa shape index (κ1) is 25.9. The summed E-state index contributed by atoms with van der Waals surface area (Å²) in [6.07, 6.45) is 4.52. The molecular formula is C25H23BrFN3O5S. The Morgan fingerprint density at radius 1 is 1.08 bits per heavy atom. The van der Waals surface area contributed by atoms with Crippen LogP contribution >= 0.6 is 27.7 Å². The molecule has 8 nitrogen and oxygen atoms in total. The molecule has 0 atom stereocenters. The predicted octanol–water partition coefficient (Wildman–Crippen LogP) is 4.65. The minimum absolute atomic E-state index is 0.217. The van der Waals surface area contributed by atoms with E-state index in [4.69, 9.17) is 4.74 Å². The lowest BCUT2D eigenvalue weighted by Gasteiger charge is -2.27. The smallest absolute Gasteiger partial charge is 0.294 e. The molecule has 36 heavy (non-hydrogen) atoms. The summed E-state index contributed by atoms with van der Waals surface area (Å²) in [7, 11) is 0. The van der Waals surface area contributed by atoms with Crippen molar-refractivity contribution in [2.45, 2.75) is 19.3 Å². The number of ether oxygens (including phenoxy) is 1. The standard InChI is InChI=1S/C25H23BrFN3O5S/c26-19-12-16(4-9-20(19)35-15-22(31)28-18-7-5-17(27)6-8-18)13-21-24(33)30(25(34)36-21)14-23(32)29-10-2-1-3-11-29/h4-9,12-13H,1-3,10-11,14-15H2,(H,28,31)/b21-13-. The Kier molecular flexibility index (Phi) is 8.42. The maximum absolute atomic E-state index is 13.0. The van der Waals surface area contributed by atoms with Crippen LogP contribution in [0.3, 0.4) is 0 Å². The first-order chi connectivity index (χ1) is 17.3. The molecule has 2 aromatic rings. The van der Waals surface area contributed by atoms with Crippen molar-refractivity contribution in [3.63, 3.8) is 0 Å². The zero-order valence-corrected chi connectivity index (χ0v) is 21.6. The number of hydrogen-bond acceptors (Lipinski definition) is 6. The van der Waals surface area contributed by atoms with E-state index >= 15 is 0 Å². The summed E-state index contributed by atoms with van der Waals surface area (Å²) in [5, 5.41) is 2.14. The van der Waals surface area contributed by atoms with Gasteiger partial charge in [0.2, 0.25) is 5.91 Å². The molecule has 4 rings (SSSR count). The van der Waals surface area contributed by atoms with Crippen LogP contribution in [0.1, 0.15) is 24.8 Å². The topological polar surface area (TPSA) is 96.0 Å². The first-order valence-electron chi connectivity index (χ1n) is 11.3. The third-order valence-electron chi connectivity index (χ3n) is 5.62. The summed E-state index contributed by atoms with van der Waals surface area (Å²) in [6.45, 7) is 0.792. The number of nitrogens with zero attached hydrogens (tertiary/aromatic N) is 2. The highest BCUT2D eigenvalue weighted by atomic mass is 79.9. The molecule has 2 aliphatic heterocycles. The molecule has 1 N–H and O–H groups in total. The van der Waals surface area contributed by atoms with Crippen molar-refractivity contribution in [2.75, 3.05) is 31.6 Å². The third kappa shape index (κ3) is 6.52. The van der Waals surface area contributed by atoms with Gasteiger partial charge in [0.15, 0.2) is 6.61 Å². The van der Waals surface area contributed by atoms with Crippen LogP contribution in [-0.2, 0) is 14.4 Å². The lowest BCUT2D eigenvalue weighted by molar-refractivity contribution is -0.136. The van der Waals surface area contributed by atoms with Crippen molar-refractivity contribution in [3.05, 3.63) is 63.2 Å². The molecular weight excluding hydrogens is 553 g/mol. The van der Waals surface area contributed by atoms with Gasteiger partial charge in [0.25, 0.3) is 17.1 Å². The van der Waals surface area contributed by atoms with Crippen LogP contribution in [0.25, 0.3) is 6.08 Å².